The van der Waals surface area contributed by atoms with Crippen molar-refractivity contribution in [3.8, 4) is 0 Å². The van der Waals surface area contributed by atoms with E-state index < -0.39 is 0 Å². The number of rotatable bonds is 12. The lowest BCUT2D eigenvalue weighted by atomic mass is 10.1. The standard InChI is InChI=1S/C16H30O2/c1-4-6-7-8-9-10-11-12-13-14-15-18-16(3)17-5-2/h4,6-8,16H,5,9-15H2,1-3H3/b6-4+,8-7+. The summed E-state index contributed by atoms with van der Waals surface area (Å²) in [7, 11) is 0. The van der Waals surface area contributed by atoms with E-state index in [1.807, 2.05) is 20.8 Å². The van der Waals surface area contributed by atoms with Gasteiger partial charge in [0, 0.05) is 13.2 Å². The summed E-state index contributed by atoms with van der Waals surface area (Å²) in [6.07, 6.45) is 16.0. The molecule has 0 aliphatic carbocycles. The molecule has 0 spiro atoms. The second kappa shape index (κ2) is 14.5. The average Bonchev–Trinajstić information content (AvgIpc) is 2.36. The molecule has 2 heteroatoms. The molecule has 0 saturated heterocycles. The second-order valence-electron chi connectivity index (χ2n) is 4.40. The highest BCUT2D eigenvalue weighted by Crippen LogP contribution is 2.06. The molecule has 0 N–H and O–H groups in total. The van der Waals surface area contributed by atoms with Crippen molar-refractivity contribution in [3.63, 3.8) is 0 Å². The molecule has 0 fully saturated rings. The van der Waals surface area contributed by atoms with E-state index in [2.05, 4.69) is 24.3 Å². The van der Waals surface area contributed by atoms with Gasteiger partial charge >= 0.3 is 0 Å². The molecule has 0 radical (unpaired) electrons. The van der Waals surface area contributed by atoms with Crippen LogP contribution in [-0.2, 0) is 9.47 Å². The van der Waals surface area contributed by atoms with Crippen LogP contribution >= 0.6 is 0 Å². The molecule has 0 aliphatic rings. The molecule has 1 atom stereocenters. The van der Waals surface area contributed by atoms with Gasteiger partial charge in [-0.15, -0.1) is 0 Å². The molecular formula is C16H30O2. The highest BCUT2D eigenvalue weighted by atomic mass is 16.7. The smallest absolute Gasteiger partial charge is 0.154 e. The van der Waals surface area contributed by atoms with Crippen LogP contribution in [0.5, 0.6) is 0 Å². The monoisotopic (exact) mass is 254 g/mol. The number of ether oxygens (including phenoxy) is 2. The molecule has 0 aromatic heterocycles. The van der Waals surface area contributed by atoms with Crippen LogP contribution in [0, 0.1) is 0 Å². The van der Waals surface area contributed by atoms with Crippen LogP contribution in [0.15, 0.2) is 24.3 Å². The lowest BCUT2D eigenvalue weighted by Gasteiger charge is -2.12. The Morgan fingerprint density at radius 2 is 1.67 bits per heavy atom. The Kier molecular flexibility index (Phi) is 14.0. The predicted octanol–water partition coefficient (Wildman–Crippen LogP) is 4.86. The summed E-state index contributed by atoms with van der Waals surface area (Å²) in [5.74, 6) is 0. The first-order valence-corrected chi connectivity index (χ1v) is 7.32. The van der Waals surface area contributed by atoms with Crippen molar-refractivity contribution in [3.05, 3.63) is 24.3 Å². The van der Waals surface area contributed by atoms with Gasteiger partial charge in [-0.2, -0.15) is 0 Å². The molecule has 0 saturated carbocycles. The van der Waals surface area contributed by atoms with Gasteiger partial charge in [0.15, 0.2) is 6.29 Å². The molecule has 0 bridgehead atoms. The number of hydrogen-bond acceptors (Lipinski definition) is 2. The van der Waals surface area contributed by atoms with Crippen molar-refractivity contribution >= 4 is 0 Å². The van der Waals surface area contributed by atoms with E-state index in [1.54, 1.807) is 0 Å². The lowest BCUT2D eigenvalue weighted by molar-refractivity contribution is -0.127. The highest BCUT2D eigenvalue weighted by Gasteiger charge is 1.99. The van der Waals surface area contributed by atoms with Crippen LogP contribution in [0.25, 0.3) is 0 Å². The zero-order valence-corrected chi connectivity index (χ0v) is 12.4. The van der Waals surface area contributed by atoms with E-state index >= 15 is 0 Å². The molecule has 1 unspecified atom stereocenters. The third kappa shape index (κ3) is 13.5. The third-order valence-electron chi connectivity index (χ3n) is 2.71. The minimum atomic E-state index is -0.0493. The van der Waals surface area contributed by atoms with E-state index in [0.717, 1.165) is 19.6 Å². The molecule has 0 aliphatic heterocycles. The maximum absolute atomic E-state index is 5.51. The third-order valence-corrected chi connectivity index (χ3v) is 2.71. The van der Waals surface area contributed by atoms with Crippen LogP contribution in [0.4, 0.5) is 0 Å². The topological polar surface area (TPSA) is 18.5 Å². The Bertz CT molecular complexity index is 209. The quantitative estimate of drug-likeness (QED) is 0.281. The zero-order chi connectivity index (χ0) is 13.5. The normalized spacial score (nSPS) is 13.7. The van der Waals surface area contributed by atoms with Crippen molar-refractivity contribution in [2.24, 2.45) is 0 Å². The van der Waals surface area contributed by atoms with Crippen molar-refractivity contribution in [2.75, 3.05) is 13.2 Å². The maximum Gasteiger partial charge on any atom is 0.154 e. The Morgan fingerprint density at radius 1 is 0.944 bits per heavy atom. The number of hydrogen-bond donors (Lipinski definition) is 0. The minimum absolute atomic E-state index is 0.0493. The molecular weight excluding hydrogens is 224 g/mol. The van der Waals surface area contributed by atoms with E-state index in [0.29, 0.717) is 0 Å². The summed E-state index contributed by atoms with van der Waals surface area (Å²) in [6, 6.07) is 0. The predicted molar refractivity (Wildman–Crippen MR) is 78.7 cm³/mol. The molecule has 2 nitrogen and oxygen atoms in total. The van der Waals surface area contributed by atoms with Gasteiger partial charge in [-0.25, -0.2) is 0 Å². The van der Waals surface area contributed by atoms with Crippen LogP contribution in [-0.4, -0.2) is 19.5 Å². The van der Waals surface area contributed by atoms with Crippen LogP contribution in [0.2, 0.25) is 0 Å². The summed E-state index contributed by atoms with van der Waals surface area (Å²) >= 11 is 0. The van der Waals surface area contributed by atoms with Crippen LogP contribution < -0.4 is 0 Å². The number of unbranched alkanes of at least 4 members (excludes halogenated alkanes) is 5. The molecule has 0 heterocycles. The van der Waals surface area contributed by atoms with Crippen molar-refractivity contribution < 1.29 is 9.47 Å². The van der Waals surface area contributed by atoms with Crippen LogP contribution in [0.3, 0.4) is 0 Å². The average molecular weight is 254 g/mol. The second-order valence-corrected chi connectivity index (χ2v) is 4.40. The van der Waals surface area contributed by atoms with E-state index in [9.17, 15) is 0 Å². The summed E-state index contributed by atoms with van der Waals surface area (Å²) < 4.78 is 10.8. The van der Waals surface area contributed by atoms with Gasteiger partial charge in [-0.3, -0.25) is 0 Å². The highest BCUT2D eigenvalue weighted by molar-refractivity contribution is 5.00. The lowest BCUT2D eigenvalue weighted by Crippen LogP contribution is -2.13. The molecule has 0 aromatic rings. The summed E-state index contributed by atoms with van der Waals surface area (Å²) in [5.41, 5.74) is 0. The molecule has 18 heavy (non-hydrogen) atoms. The zero-order valence-electron chi connectivity index (χ0n) is 12.4. The fourth-order valence-electron chi connectivity index (χ4n) is 1.71. The Labute approximate surface area is 113 Å². The van der Waals surface area contributed by atoms with Gasteiger partial charge in [0.05, 0.1) is 0 Å². The van der Waals surface area contributed by atoms with E-state index in [4.69, 9.17) is 9.47 Å². The van der Waals surface area contributed by atoms with Gasteiger partial charge < -0.3 is 9.47 Å². The maximum atomic E-state index is 5.51. The summed E-state index contributed by atoms with van der Waals surface area (Å²) in [6.45, 7) is 7.54. The molecule has 0 rings (SSSR count). The van der Waals surface area contributed by atoms with E-state index in [-0.39, 0.29) is 6.29 Å². The fourth-order valence-corrected chi connectivity index (χ4v) is 1.71. The van der Waals surface area contributed by atoms with E-state index in [1.165, 1.54) is 32.1 Å². The van der Waals surface area contributed by atoms with Crippen LogP contribution in [0.1, 0.15) is 59.3 Å². The Hall–Kier alpha value is -0.600. The van der Waals surface area contributed by atoms with Crippen molar-refractivity contribution in [1.82, 2.24) is 0 Å². The molecule has 0 aromatic carbocycles. The van der Waals surface area contributed by atoms with Crippen molar-refractivity contribution in [2.45, 2.75) is 65.6 Å². The van der Waals surface area contributed by atoms with Crippen molar-refractivity contribution in [1.29, 1.82) is 0 Å². The SMILES string of the molecule is C/C=C/C=C/CCCCCCCOC(C)OCC. The largest absolute Gasteiger partial charge is 0.353 e. The first-order valence-electron chi connectivity index (χ1n) is 7.32. The van der Waals surface area contributed by atoms with Gasteiger partial charge in [0.1, 0.15) is 0 Å². The summed E-state index contributed by atoms with van der Waals surface area (Å²) in [5, 5.41) is 0. The molecule has 106 valence electrons. The fraction of sp³-hybridized carbons (Fsp3) is 0.750. The first kappa shape index (κ1) is 17.4. The minimum Gasteiger partial charge on any atom is -0.353 e. The van der Waals surface area contributed by atoms with Gasteiger partial charge in [-0.05, 0) is 40.0 Å². The first-order chi connectivity index (χ1) is 8.81. The number of allylic oxidation sites excluding steroid dienone is 4. The molecule has 0 amide bonds. The Morgan fingerprint density at radius 3 is 2.39 bits per heavy atom. The summed E-state index contributed by atoms with van der Waals surface area (Å²) in [4.78, 5) is 0. The van der Waals surface area contributed by atoms with Gasteiger partial charge in [0.25, 0.3) is 0 Å². The van der Waals surface area contributed by atoms with Gasteiger partial charge in [0.2, 0.25) is 0 Å². The van der Waals surface area contributed by atoms with Gasteiger partial charge in [-0.1, -0.05) is 43.6 Å². The Balaban J connectivity index is 3.12.